The van der Waals surface area contributed by atoms with Crippen LogP contribution >= 0.6 is 0 Å². The molecule has 1 atom stereocenters. The van der Waals surface area contributed by atoms with Crippen molar-refractivity contribution in [2.75, 3.05) is 58.0 Å². The van der Waals surface area contributed by atoms with Gasteiger partial charge in [0.05, 0.1) is 50.3 Å². The van der Waals surface area contributed by atoms with E-state index >= 15 is 0 Å². The van der Waals surface area contributed by atoms with Gasteiger partial charge in [0.1, 0.15) is 6.04 Å². The maximum atomic E-state index is 13.1. The van der Waals surface area contributed by atoms with Crippen LogP contribution < -0.4 is 16.0 Å². The molecule has 3 aliphatic rings. The van der Waals surface area contributed by atoms with E-state index in [4.69, 9.17) is 14.2 Å². The van der Waals surface area contributed by atoms with E-state index < -0.39 is 29.7 Å². The predicted molar refractivity (Wildman–Crippen MR) is 125 cm³/mol. The van der Waals surface area contributed by atoms with Crippen LogP contribution in [-0.4, -0.2) is 93.3 Å². The molecule has 0 aromatic heterocycles. The van der Waals surface area contributed by atoms with Crippen molar-refractivity contribution >= 4 is 29.3 Å². The number of nitrogens with zero attached hydrogens (tertiary/aromatic N) is 1. The Hall–Kier alpha value is -2.86. The van der Waals surface area contributed by atoms with Gasteiger partial charge in [-0.3, -0.25) is 29.4 Å². The summed E-state index contributed by atoms with van der Waals surface area (Å²) in [5.74, 6) is -2.09. The number of carbonyl (C=O) groups is 4. The first kappa shape index (κ1) is 25.2. The monoisotopic (exact) mass is 488 g/mol. The minimum absolute atomic E-state index is 0.0846. The second-order valence-corrected chi connectivity index (χ2v) is 8.65. The second kappa shape index (κ2) is 12.2. The number of fused-ring (bicyclic) bond motifs is 1. The maximum absolute atomic E-state index is 13.1. The molecule has 2 fully saturated rings. The SMILES string of the molecule is O=C1CCC(N2C(=O)c3cccc(NCCOCCOCCOC4CCNCC4)c3C2=O)C(=O)N1. The number of piperidine rings is 2. The van der Waals surface area contributed by atoms with Crippen molar-refractivity contribution in [1.29, 1.82) is 0 Å². The topological polar surface area (TPSA) is 135 Å². The minimum Gasteiger partial charge on any atom is -0.382 e. The molecular formula is C24H32N4O7. The third kappa shape index (κ3) is 6.23. The largest absolute Gasteiger partial charge is 0.382 e. The van der Waals surface area contributed by atoms with Crippen molar-refractivity contribution in [3.8, 4) is 0 Å². The van der Waals surface area contributed by atoms with E-state index in [1.165, 1.54) is 0 Å². The van der Waals surface area contributed by atoms with Gasteiger partial charge in [-0.2, -0.15) is 0 Å². The summed E-state index contributed by atoms with van der Waals surface area (Å²) in [7, 11) is 0. The lowest BCUT2D eigenvalue weighted by atomic mass is 10.0. The summed E-state index contributed by atoms with van der Waals surface area (Å²) < 4.78 is 16.9. The zero-order valence-corrected chi connectivity index (χ0v) is 19.7. The molecule has 35 heavy (non-hydrogen) atoms. The van der Waals surface area contributed by atoms with Crippen LogP contribution in [0.1, 0.15) is 46.4 Å². The lowest BCUT2D eigenvalue weighted by Gasteiger charge is -2.27. The van der Waals surface area contributed by atoms with Crippen LogP contribution in [0.3, 0.4) is 0 Å². The van der Waals surface area contributed by atoms with Crippen molar-refractivity contribution in [1.82, 2.24) is 15.5 Å². The Morgan fingerprint density at radius 3 is 2.43 bits per heavy atom. The standard InChI is InChI=1S/C24H32N4O7/c29-20-5-4-19(22(30)27-20)28-23(31)17-2-1-3-18(21(17)24(28)32)26-10-11-33-12-13-34-14-15-35-16-6-8-25-9-7-16/h1-3,16,19,25-26H,4-15H2,(H,27,29,30). The van der Waals surface area contributed by atoms with Gasteiger partial charge in [0.25, 0.3) is 11.8 Å². The lowest BCUT2D eigenvalue weighted by molar-refractivity contribution is -0.136. The molecule has 0 bridgehead atoms. The van der Waals surface area contributed by atoms with E-state index in [0.717, 1.165) is 30.8 Å². The van der Waals surface area contributed by atoms with E-state index in [9.17, 15) is 19.2 Å². The van der Waals surface area contributed by atoms with Gasteiger partial charge in [-0.1, -0.05) is 6.07 Å². The first-order valence-corrected chi connectivity index (χ1v) is 12.1. The van der Waals surface area contributed by atoms with Crippen molar-refractivity contribution in [3.05, 3.63) is 29.3 Å². The zero-order valence-electron chi connectivity index (χ0n) is 19.7. The van der Waals surface area contributed by atoms with Crippen molar-refractivity contribution in [3.63, 3.8) is 0 Å². The van der Waals surface area contributed by atoms with Crippen molar-refractivity contribution in [2.45, 2.75) is 37.8 Å². The molecule has 0 spiro atoms. The quantitative estimate of drug-likeness (QED) is 0.280. The summed E-state index contributed by atoms with van der Waals surface area (Å²) in [6.07, 6.45) is 2.60. The molecule has 0 aliphatic carbocycles. The Morgan fingerprint density at radius 2 is 1.66 bits per heavy atom. The highest BCUT2D eigenvalue weighted by molar-refractivity contribution is 6.25. The minimum atomic E-state index is -0.985. The highest BCUT2D eigenvalue weighted by Gasteiger charge is 2.45. The van der Waals surface area contributed by atoms with Crippen LogP contribution in [0, 0.1) is 0 Å². The number of ether oxygens (including phenoxy) is 3. The van der Waals surface area contributed by atoms with E-state index in [0.29, 0.717) is 51.4 Å². The number of rotatable bonds is 12. The Balaban J connectivity index is 1.17. The summed E-state index contributed by atoms with van der Waals surface area (Å²) in [6, 6.07) is 3.97. The number of carbonyl (C=O) groups excluding carboxylic acids is 4. The van der Waals surface area contributed by atoms with Crippen LogP contribution in [0.4, 0.5) is 5.69 Å². The van der Waals surface area contributed by atoms with Crippen LogP contribution in [0.5, 0.6) is 0 Å². The Labute approximate surface area is 203 Å². The van der Waals surface area contributed by atoms with Crippen LogP contribution in [0.2, 0.25) is 0 Å². The summed E-state index contributed by atoms with van der Waals surface area (Å²) >= 11 is 0. The molecule has 0 saturated carbocycles. The van der Waals surface area contributed by atoms with Gasteiger partial charge in [-0.15, -0.1) is 0 Å². The molecule has 1 unspecified atom stereocenters. The smallest absolute Gasteiger partial charge is 0.264 e. The molecule has 11 nitrogen and oxygen atoms in total. The molecule has 4 rings (SSSR count). The van der Waals surface area contributed by atoms with E-state index in [2.05, 4.69) is 16.0 Å². The van der Waals surface area contributed by atoms with Gasteiger partial charge in [-0.25, -0.2) is 0 Å². The van der Waals surface area contributed by atoms with Crippen LogP contribution in [-0.2, 0) is 23.8 Å². The first-order chi connectivity index (χ1) is 17.1. The summed E-state index contributed by atoms with van der Waals surface area (Å²) in [5, 5.41) is 8.64. The highest BCUT2D eigenvalue weighted by atomic mass is 16.5. The molecule has 4 amide bonds. The average molecular weight is 489 g/mol. The van der Waals surface area contributed by atoms with E-state index in [1.54, 1.807) is 18.2 Å². The van der Waals surface area contributed by atoms with Gasteiger partial charge in [0.2, 0.25) is 11.8 Å². The average Bonchev–Trinajstić information content (AvgIpc) is 3.11. The summed E-state index contributed by atoms with van der Waals surface area (Å²) in [5.41, 5.74) is 0.982. The molecule has 3 aliphatic heterocycles. The first-order valence-electron chi connectivity index (χ1n) is 12.1. The lowest BCUT2D eigenvalue weighted by Crippen LogP contribution is -2.54. The molecule has 11 heteroatoms. The van der Waals surface area contributed by atoms with Crippen LogP contribution in [0.25, 0.3) is 0 Å². The fourth-order valence-corrected chi connectivity index (χ4v) is 4.48. The molecule has 190 valence electrons. The van der Waals surface area contributed by atoms with Gasteiger partial charge < -0.3 is 24.8 Å². The predicted octanol–water partition coefficient (Wildman–Crippen LogP) is 0.302. The number of nitrogens with one attached hydrogen (secondary N) is 3. The van der Waals surface area contributed by atoms with Crippen molar-refractivity contribution < 1.29 is 33.4 Å². The summed E-state index contributed by atoms with van der Waals surface area (Å²) in [4.78, 5) is 50.5. The van der Waals surface area contributed by atoms with Gasteiger partial charge in [0.15, 0.2) is 0 Å². The third-order valence-electron chi connectivity index (χ3n) is 6.27. The fourth-order valence-electron chi connectivity index (χ4n) is 4.48. The van der Waals surface area contributed by atoms with Gasteiger partial charge in [0, 0.05) is 18.7 Å². The van der Waals surface area contributed by atoms with Crippen LogP contribution in [0.15, 0.2) is 18.2 Å². The molecule has 3 heterocycles. The number of imide groups is 2. The number of hydrogen-bond donors (Lipinski definition) is 3. The number of amides is 4. The molecular weight excluding hydrogens is 456 g/mol. The molecule has 1 aromatic carbocycles. The second-order valence-electron chi connectivity index (χ2n) is 8.65. The van der Waals surface area contributed by atoms with Crippen molar-refractivity contribution in [2.24, 2.45) is 0 Å². The highest BCUT2D eigenvalue weighted by Crippen LogP contribution is 2.32. The normalized spacial score (nSPS) is 20.8. The maximum Gasteiger partial charge on any atom is 0.264 e. The molecule has 0 radical (unpaired) electrons. The Bertz CT molecular complexity index is 948. The fraction of sp³-hybridized carbons (Fsp3) is 0.583. The van der Waals surface area contributed by atoms with Gasteiger partial charge >= 0.3 is 0 Å². The number of anilines is 1. The van der Waals surface area contributed by atoms with E-state index in [1.807, 2.05) is 0 Å². The number of benzene rings is 1. The number of hydrogen-bond acceptors (Lipinski definition) is 9. The molecule has 3 N–H and O–H groups in total. The molecule has 2 saturated heterocycles. The summed E-state index contributed by atoms with van der Waals surface area (Å²) in [6.45, 7) is 4.82. The Morgan fingerprint density at radius 1 is 0.914 bits per heavy atom. The van der Waals surface area contributed by atoms with E-state index in [-0.39, 0.29) is 24.0 Å². The molecule has 1 aromatic rings. The third-order valence-corrected chi connectivity index (χ3v) is 6.27. The zero-order chi connectivity index (χ0) is 24.6. The van der Waals surface area contributed by atoms with Gasteiger partial charge in [-0.05, 0) is 44.5 Å². The Kier molecular flexibility index (Phi) is 8.80.